The van der Waals surface area contributed by atoms with Crippen LogP contribution in [0.3, 0.4) is 0 Å². The molecule has 146 valence electrons. The first-order valence-electron chi connectivity index (χ1n) is 9.69. The molecule has 1 unspecified atom stereocenters. The Kier molecular flexibility index (Phi) is 8.38. The van der Waals surface area contributed by atoms with Crippen LogP contribution < -0.4 is 4.74 Å². The van der Waals surface area contributed by atoms with Crippen molar-refractivity contribution >= 4 is 5.97 Å². The van der Waals surface area contributed by atoms with Gasteiger partial charge in [0.25, 0.3) is 0 Å². The fraction of sp³-hybridized carbons (Fsp3) is 0.478. The standard InChI is InChI=1S/C23H30O4/c1-23(26,22(24)25)17-8-3-4-11-19-13-10-14-20(19)12-7-9-18-27-21-15-5-2-6-16-21/h2,4-8,12,15-16,19-20,26H,9-11,13-14,17-18H2,1H3,(H,24,25)/b12-7+/t3?,19-,20-,23?/m0/s1. The van der Waals surface area contributed by atoms with Crippen molar-refractivity contribution in [2.45, 2.75) is 51.0 Å². The van der Waals surface area contributed by atoms with Crippen molar-refractivity contribution < 1.29 is 19.7 Å². The third-order valence-corrected chi connectivity index (χ3v) is 5.01. The molecule has 1 fully saturated rings. The van der Waals surface area contributed by atoms with Crippen LogP contribution in [0.5, 0.6) is 5.75 Å². The molecular formula is C23H30O4. The second-order valence-corrected chi connectivity index (χ2v) is 7.33. The average Bonchev–Trinajstić information content (AvgIpc) is 3.09. The van der Waals surface area contributed by atoms with Crippen molar-refractivity contribution in [2.75, 3.05) is 6.61 Å². The molecule has 3 atom stereocenters. The van der Waals surface area contributed by atoms with Gasteiger partial charge in [0.2, 0.25) is 0 Å². The fourth-order valence-corrected chi connectivity index (χ4v) is 3.29. The molecule has 1 saturated carbocycles. The number of aliphatic carboxylic acids is 1. The van der Waals surface area contributed by atoms with Crippen molar-refractivity contribution in [2.24, 2.45) is 11.8 Å². The van der Waals surface area contributed by atoms with Crippen LogP contribution in [0.2, 0.25) is 0 Å². The maximum absolute atomic E-state index is 10.8. The topological polar surface area (TPSA) is 66.8 Å². The van der Waals surface area contributed by atoms with Gasteiger partial charge in [0, 0.05) is 6.42 Å². The summed E-state index contributed by atoms with van der Waals surface area (Å²) in [7, 11) is 0. The molecule has 0 spiro atoms. The van der Waals surface area contributed by atoms with Gasteiger partial charge in [-0.1, -0.05) is 36.8 Å². The zero-order chi connectivity index (χ0) is 19.5. The van der Waals surface area contributed by atoms with Crippen LogP contribution in [0, 0.1) is 11.8 Å². The van der Waals surface area contributed by atoms with Crippen LogP contribution in [0.4, 0.5) is 0 Å². The Balaban J connectivity index is 1.71. The number of benzene rings is 1. The van der Waals surface area contributed by atoms with Crippen molar-refractivity contribution in [3.8, 4) is 5.75 Å². The van der Waals surface area contributed by atoms with Crippen LogP contribution >= 0.6 is 0 Å². The third-order valence-electron chi connectivity index (χ3n) is 5.01. The van der Waals surface area contributed by atoms with Crippen LogP contribution in [0.25, 0.3) is 0 Å². The normalized spacial score (nSPS) is 21.4. The van der Waals surface area contributed by atoms with Crippen LogP contribution in [-0.4, -0.2) is 28.4 Å². The number of carboxylic acids is 1. The highest BCUT2D eigenvalue weighted by atomic mass is 16.5. The minimum absolute atomic E-state index is 0.0637. The minimum atomic E-state index is -1.72. The van der Waals surface area contributed by atoms with E-state index in [2.05, 4.69) is 17.9 Å². The smallest absolute Gasteiger partial charge is 0.335 e. The number of aliphatic hydroxyl groups is 1. The monoisotopic (exact) mass is 370 g/mol. The summed E-state index contributed by atoms with van der Waals surface area (Å²) in [6.45, 7) is 1.98. The highest BCUT2D eigenvalue weighted by Crippen LogP contribution is 2.35. The van der Waals surface area contributed by atoms with E-state index in [-0.39, 0.29) is 6.42 Å². The number of rotatable bonds is 10. The summed E-state index contributed by atoms with van der Waals surface area (Å²) in [6.07, 6.45) is 13.7. The van der Waals surface area contributed by atoms with E-state index in [0.29, 0.717) is 18.4 Å². The van der Waals surface area contributed by atoms with Crippen LogP contribution in [0.1, 0.15) is 45.4 Å². The number of hydrogen-bond donors (Lipinski definition) is 2. The number of ether oxygens (including phenoxy) is 1. The quantitative estimate of drug-likeness (QED) is 0.354. The number of allylic oxidation sites excluding steroid dienone is 1. The number of carboxylic acid groups (broad SMARTS) is 1. The molecule has 1 aromatic rings. The van der Waals surface area contributed by atoms with Crippen LogP contribution in [-0.2, 0) is 4.79 Å². The first-order valence-corrected chi connectivity index (χ1v) is 9.69. The molecule has 0 saturated heterocycles. The highest BCUT2D eigenvalue weighted by molar-refractivity contribution is 5.76. The summed E-state index contributed by atoms with van der Waals surface area (Å²) in [5, 5.41) is 18.5. The van der Waals surface area contributed by atoms with E-state index in [1.807, 2.05) is 36.4 Å². The van der Waals surface area contributed by atoms with Crippen molar-refractivity contribution in [3.63, 3.8) is 0 Å². The number of hydrogen-bond acceptors (Lipinski definition) is 3. The molecule has 27 heavy (non-hydrogen) atoms. The average molecular weight is 370 g/mol. The largest absolute Gasteiger partial charge is 0.493 e. The first kappa shape index (κ1) is 21.0. The van der Waals surface area contributed by atoms with Gasteiger partial charge in [-0.15, -0.1) is 5.73 Å². The summed E-state index contributed by atoms with van der Waals surface area (Å²) >= 11 is 0. The molecule has 1 aromatic carbocycles. The zero-order valence-electron chi connectivity index (χ0n) is 16.0. The summed E-state index contributed by atoms with van der Waals surface area (Å²) in [4.78, 5) is 10.8. The minimum Gasteiger partial charge on any atom is -0.493 e. The van der Waals surface area contributed by atoms with Gasteiger partial charge in [-0.2, -0.15) is 0 Å². The van der Waals surface area contributed by atoms with Crippen molar-refractivity contribution in [1.29, 1.82) is 0 Å². The molecule has 0 amide bonds. The van der Waals surface area contributed by atoms with Crippen molar-refractivity contribution in [3.05, 3.63) is 60.4 Å². The van der Waals surface area contributed by atoms with Gasteiger partial charge in [-0.3, -0.25) is 0 Å². The van der Waals surface area contributed by atoms with Gasteiger partial charge in [-0.05, 0) is 68.7 Å². The lowest BCUT2D eigenvalue weighted by molar-refractivity contribution is -0.156. The van der Waals surface area contributed by atoms with E-state index in [0.717, 1.165) is 18.6 Å². The number of carbonyl (C=O) groups is 1. The van der Waals surface area contributed by atoms with E-state index in [1.165, 1.54) is 26.2 Å². The number of para-hydroxylation sites is 1. The molecular weight excluding hydrogens is 340 g/mol. The molecule has 1 aliphatic carbocycles. The third kappa shape index (κ3) is 7.46. The van der Waals surface area contributed by atoms with Gasteiger partial charge >= 0.3 is 5.97 Å². The summed E-state index contributed by atoms with van der Waals surface area (Å²) in [6, 6.07) is 9.85. The molecule has 2 rings (SSSR count). The molecule has 2 N–H and O–H groups in total. The van der Waals surface area contributed by atoms with Crippen LogP contribution in [0.15, 0.2) is 60.4 Å². The van der Waals surface area contributed by atoms with E-state index in [9.17, 15) is 9.90 Å². The zero-order valence-corrected chi connectivity index (χ0v) is 16.0. The molecule has 0 bridgehead atoms. The first-order chi connectivity index (χ1) is 13.0. The molecule has 0 aromatic heterocycles. The molecule has 0 aliphatic heterocycles. The predicted molar refractivity (Wildman–Crippen MR) is 107 cm³/mol. The van der Waals surface area contributed by atoms with E-state index in [1.54, 1.807) is 6.08 Å². The fourth-order valence-electron chi connectivity index (χ4n) is 3.29. The van der Waals surface area contributed by atoms with Gasteiger partial charge in [0.15, 0.2) is 5.60 Å². The van der Waals surface area contributed by atoms with Gasteiger partial charge in [0.05, 0.1) is 6.61 Å². The van der Waals surface area contributed by atoms with Gasteiger partial charge in [0.1, 0.15) is 5.75 Å². The van der Waals surface area contributed by atoms with E-state index >= 15 is 0 Å². The lowest BCUT2D eigenvalue weighted by Gasteiger charge is -2.14. The second kappa shape index (κ2) is 10.8. The Morgan fingerprint density at radius 3 is 2.81 bits per heavy atom. The summed E-state index contributed by atoms with van der Waals surface area (Å²) in [5.41, 5.74) is 1.30. The van der Waals surface area contributed by atoms with Gasteiger partial charge < -0.3 is 14.9 Å². The summed E-state index contributed by atoms with van der Waals surface area (Å²) in [5.74, 6) is 0.889. The van der Waals surface area contributed by atoms with E-state index < -0.39 is 11.6 Å². The Morgan fingerprint density at radius 2 is 2.07 bits per heavy atom. The maximum Gasteiger partial charge on any atom is 0.335 e. The maximum atomic E-state index is 10.8. The molecule has 4 heteroatoms. The Labute approximate surface area is 161 Å². The Bertz CT molecular complexity index is 669. The highest BCUT2D eigenvalue weighted by Gasteiger charge is 2.28. The molecule has 4 nitrogen and oxygen atoms in total. The molecule has 1 aliphatic rings. The Hall–Kier alpha value is -2.29. The lowest BCUT2D eigenvalue weighted by atomic mass is 9.92. The van der Waals surface area contributed by atoms with E-state index in [4.69, 9.17) is 9.84 Å². The SMILES string of the molecule is CC(O)(CC=C=CC[C@H]1CCC[C@@H]1/C=C/CCOc1ccccc1)C(=O)O. The van der Waals surface area contributed by atoms with Crippen molar-refractivity contribution in [1.82, 2.24) is 0 Å². The molecule has 0 heterocycles. The lowest BCUT2D eigenvalue weighted by Crippen LogP contribution is -2.33. The predicted octanol–water partition coefficient (Wildman–Crippen LogP) is 4.76. The second-order valence-electron chi connectivity index (χ2n) is 7.33. The summed E-state index contributed by atoms with van der Waals surface area (Å²) < 4.78 is 5.70. The van der Waals surface area contributed by atoms with Gasteiger partial charge in [-0.25, -0.2) is 4.79 Å². The molecule has 0 radical (unpaired) electrons. The Morgan fingerprint density at radius 1 is 1.30 bits per heavy atom.